The summed E-state index contributed by atoms with van der Waals surface area (Å²) >= 11 is 0. The average molecular weight is 257 g/mol. The van der Waals surface area contributed by atoms with Crippen LogP contribution in [0.25, 0.3) is 0 Å². The summed E-state index contributed by atoms with van der Waals surface area (Å²) in [7, 11) is -3.69. The third kappa shape index (κ3) is 3.10. The van der Waals surface area contributed by atoms with E-state index in [1.807, 2.05) is 6.92 Å². The van der Waals surface area contributed by atoms with Gasteiger partial charge in [-0.25, -0.2) is 13.6 Å². The molecule has 0 saturated heterocycles. The molecule has 17 heavy (non-hydrogen) atoms. The van der Waals surface area contributed by atoms with Crippen molar-refractivity contribution in [1.82, 2.24) is 0 Å². The van der Waals surface area contributed by atoms with Crippen molar-refractivity contribution in [3.05, 3.63) is 18.2 Å². The summed E-state index contributed by atoms with van der Waals surface area (Å²) in [6.45, 7) is 6.93. The minimum absolute atomic E-state index is 0.0403. The maximum absolute atomic E-state index is 11.2. The van der Waals surface area contributed by atoms with Crippen LogP contribution in [0.15, 0.2) is 23.1 Å². The van der Waals surface area contributed by atoms with Crippen LogP contribution in [0.3, 0.4) is 0 Å². The first kappa shape index (κ1) is 13.8. The second-order valence-corrected chi connectivity index (χ2v) is 5.71. The van der Waals surface area contributed by atoms with Gasteiger partial charge in [0.05, 0.1) is 16.3 Å². The number of nitrogens with two attached hydrogens (primary N) is 2. The highest BCUT2D eigenvalue weighted by Gasteiger charge is 2.14. The van der Waals surface area contributed by atoms with Gasteiger partial charge in [0.15, 0.2) is 0 Å². The Hall–Kier alpha value is -1.27. The lowest BCUT2D eigenvalue weighted by molar-refractivity contribution is 0.598. The van der Waals surface area contributed by atoms with Crippen LogP contribution in [0.5, 0.6) is 0 Å². The van der Waals surface area contributed by atoms with E-state index in [4.69, 9.17) is 10.9 Å². The first-order chi connectivity index (χ1) is 7.77. The van der Waals surface area contributed by atoms with Crippen molar-refractivity contribution in [2.45, 2.75) is 31.7 Å². The Morgan fingerprint density at radius 3 is 2.29 bits per heavy atom. The third-order valence-electron chi connectivity index (χ3n) is 2.60. The number of primary sulfonamides is 1. The van der Waals surface area contributed by atoms with Crippen molar-refractivity contribution in [3.63, 3.8) is 0 Å². The Morgan fingerprint density at radius 1 is 1.35 bits per heavy atom. The van der Waals surface area contributed by atoms with Crippen molar-refractivity contribution in [2.24, 2.45) is 5.14 Å². The van der Waals surface area contributed by atoms with Crippen LogP contribution < -0.4 is 15.8 Å². The molecule has 0 atom stereocenters. The predicted octanol–water partition coefficient (Wildman–Crippen LogP) is 1.15. The molecule has 0 aromatic heterocycles. The molecule has 1 aromatic carbocycles. The van der Waals surface area contributed by atoms with E-state index in [1.54, 1.807) is 6.07 Å². The number of anilines is 2. The lowest BCUT2D eigenvalue weighted by atomic mass is 10.2. The Kier molecular flexibility index (Phi) is 4.00. The third-order valence-corrected chi connectivity index (χ3v) is 3.51. The molecule has 96 valence electrons. The second-order valence-electron chi connectivity index (χ2n) is 4.15. The molecule has 0 aliphatic carbocycles. The number of sulfonamides is 1. The molecule has 0 aliphatic heterocycles. The minimum atomic E-state index is -3.69. The van der Waals surface area contributed by atoms with E-state index in [0.717, 1.165) is 12.2 Å². The lowest BCUT2D eigenvalue weighted by Crippen LogP contribution is -2.31. The first-order valence-electron chi connectivity index (χ1n) is 5.46. The molecule has 0 spiro atoms. The summed E-state index contributed by atoms with van der Waals surface area (Å²) in [6.07, 6.45) is 0. The van der Waals surface area contributed by atoms with Gasteiger partial charge < -0.3 is 10.6 Å². The van der Waals surface area contributed by atoms with Gasteiger partial charge in [-0.15, -0.1) is 0 Å². The molecule has 0 saturated carbocycles. The molecule has 5 nitrogen and oxygen atoms in total. The fraction of sp³-hybridized carbons (Fsp3) is 0.455. The summed E-state index contributed by atoms with van der Waals surface area (Å²) in [5.41, 5.74) is 7.12. The fourth-order valence-corrected chi connectivity index (χ4v) is 2.33. The molecule has 4 N–H and O–H groups in total. The van der Waals surface area contributed by atoms with Crippen LogP contribution in [0.1, 0.15) is 20.8 Å². The van der Waals surface area contributed by atoms with Crippen LogP contribution >= 0.6 is 0 Å². The van der Waals surface area contributed by atoms with Crippen LogP contribution in [0, 0.1) is 0 Å². The zero-order valence-corrected chi connectivity index (χ0v) is 11.2. The highest BCUT2D eigenvalue weighted by atomic mass is 32.2. The molecular weight excluding hydrogens is 238 g/mol. The predicted molar refractivity (Wildman–Crippen MR) is 70.4 cm³/mol. The first-order valence-corrected chi connectivity index (χ1v) is 7.01. The van der Waals surface area contributed by atoms with Crippen LogP contribution in [0.2, 0.25) is 0 Å². The van der Waals surface area contributed by atoms with Gasteiger partial charge in [0.2, 0.25) is 10.0 Å². The molecule has 0 fully saturated rings. The molecule has 0 radical (unpaired) electrons. The maximum atomic E-state index is 11.2. The number of hydrogen-bond donors (Lipinski definition) is 2. The van der Waals surface area contributed by atoms with Gasteiger partial charge >= 0.3 is 0 Å². The van der Waals surface area contributed by atoms with E-state index in [2.05, 4.69) is 18.7 Å². The Morgan fingerprint density at radius 2 is 1.94 bits per heavy atom. The van der Waals surface area contributed by atoms with E-state index in [-0.39, 0.29) is 4.90 Å². The summed E-state index contributed by atoms with van der Waals surface area (Å²) in [4.78, 5) is 2.13. The average Bonchev–Trinajstić information content (AvgIpc) is 2.19. The number of benzene rings is 1. The van der Waals surface area contributed by atoms with Gasteiger partial charge in [0.1, 0.15) is 0 Å². The fourth-order valence-electron chi connectivity index (χ4n) is 1.78. The van der Waals surface area contributed by atoms with E-state index in [1.165, 1.54) is 12.1 Å². The van der Waals surface area contributed by atoms with Gasteiger partial charge in [-0.2, -0.15) is 0 Å². The van der Waals surface area contributed by atoms with Crippen LogP contribution in [-0.4, -0.2) is 21.0 Å². The summed E-state index contributed by atoms with van der Waals surface area (Å²) in [5.74, 6) is 0. The normalized spacial score (nSPS) is 11.8. The Labute approximate surface area is 102 Å². The standard InChI is InChI=1S/C11H19N3O2S/c1-4-14(8(2)3)11-6-5-9(7-10(11)12)17(13,15)16/h5-8H,4,12H2,1-3H3,(H2,13,15,16). The van der Waals surface area contributed by atoms with E-state index in [0.29, 0.717) is 11.7 Å². The summed E-state index contributed by atoms with van der Waals surface area (Å²) < 4.78 is 22.4. The zero-order valence-electron chi connectivity index (χ0n) is 10.3. The highest BCUT2D eigenvalue weighted by Crippen LogP contribution is 2.27. The number of rotatable bonds is 4. The van der Waals surface area contributed by atoms with Crippen molar-refractivity contribution >= 4 is 21.4 Å². The van der Waals surface area contributed by atoms with Gasteiger partial charge in [0.25, 0.3) is 0 Å². The Balaban J connectivity index is 3.22. The minimum Gasteiger partial charge on any atom is -0.397 e. The molecule has 0 amide bonds. The molecule has 0 unspecified atom stereocenters. The molecule has 1 rings (SSSR count). The van der Waals surface area contributed by atoms with E-state index < -0.39 is 10.0 Å². The molecule has 0 aliphatic rings. The largest absolute Gasteiger partial charge is 0.397 e. The van der Waals surface area contributed by atoms with Crippen LogP contribution in [-0.2, 0) is 10.0 Å². The lowest BCUT2D eigenvalue weighted by Gasteiger charge is -2.28. The van der Waals surface area contributed by atoms with Gasteiger partial charge in [-0.1, -0.05) is 0 Å². The summed E-state index contributed by atoms with van der Waals surface area (Å²) in [6, 6.07) is 4.86. The van der Waals surface area contributed by atoms with Crippen molar-refractivity contribution < 1.29 is 8.42 Å². The monoisotopic (exact) mass is 257 g/mol. The molecule has 1 aromatic rings. The smallest absolute Gasteiger partial charge is 0.238 e. The van der Waals surface area contributed by atoms with E-state index >= 15 is 0 Å². The number of hydrogen-bond acceptors (Lipinski definition) is 4. The molecule has 0 heterocycles. The number of nitrogen functional groups attached to an aromatic ring is 1. The quantitative estimate of drug-likeness (QED) is 0.792. The zero-order chi connectivity index (χ0) is 13.2. The maximum Gasteiger partial charge on any atom is 0.238 e. The topological polar surface area (TPSA) is 89.4 Å². The highest BCUT2D eigenvalue weighted by molar-refractivity contribution is 7.89. The molecule has 6 heteroatoms. The summed E-state index contributed by atoms with van der Waals surface area (Å²) in [5, 5.41) is 5.05. The molecular formula is C11H19N3O2S. The van der Waals surface area contributed by atoms with E-state index in [9.17, 15) is 8.42 Å². The van der Waals surface area contributed by atoms with Crippen LogP contribution in [0.4, 0.5) is 11.4 Å². The number of nitrogens with zero attached hydrogens (tertiary/aromatic N) is 1. The van der Waals surface area contributed by atoms with Crippen molar-refractivity contribution in [2.75, 3.05) is 17.2 Å². The van der Waals surface area contributed by atoms with Crippen molar-refractivity contribution in [3.8, 4) is 0 Å². The second kappa shape index (κ2) is 4.93. The Bertz CT molecular complexity index is 497. The van der Waals surface area contributed by atoms with Gasteiger partial charge in [0, 0.05) is 12.6 Å². The molecule has 0 bridgehead atoms. The SMILES string of the molecule is CCN(c1ccc(S(N)(=O)=O)cc1N)C(C)C. The van der Waals surface area contributed by atoms with Gasteiger partial charge in [-0.05, 0) is 39.0 Å². The van der Waals surface area contributed by atoms with Crippen molar-refractivity contribution in [1.29, 1.82) is 0 Å². The van der Waals surface area contributed by atoms with Gasteiger partial charge in [-0.3, -0.25) is 0 Å².